The summed E-state index contributed by atoms with van der Waals surface area (Å²) in [6.07, 6.45) is 1.98. The van der Waals surface area contributed by atoms with E-state index in [1.54, 1.807) is 0 Å². The van der Waals surface area contributed by atoms with Gasteiger partial charge in [-0.1, -0.05) is 73.1 Å². The van der Waals surface area contributed by atoms with E-state index >= 15 is 0 Å². The van der Waals surface area contributed by atoms with E-state index in [9.17, 15) is 0 Å². The van der Waals surface area contributed by atoms with Gasteiger partial charge < -0.3 is 0 Å². The quantitative estimate of drug-likeness (QED) is 0.520. The minimum Gasteiger partial charge on any atom is -0.117 e. The standard InChI is InChI=1S/C19H22BrCl/c1-4-19(2,3)16-10-8-15(9-11-16)18(21)13-14-6-5-7-17(20)12-14/h5-12,18H,4,13H2,1-3H3. The summed E-state index contributed by atoms with van der Waals surface area (Å²) in [5, 5.41) is 0.0121. The fraction of sp³-hybridized carbons (Fsp3) is 0.368. The monoisotopic (exact) mass is 364 g/mol. The Morgan fingerprint density at radius 3 is 2.33 bits per heavy atom. The normalized spacial score (nSPS) is 13.2. The first-order chi connectivity index (χ1) is 9.92. The van der Waals surface area contributed by atoms with Crippen molar-refractivity contribution in [1.29, 1.82) is 0 Å². The van der Waals surface area contributed by atoms with Crippen LogP contribution < -0.4 is 0 Å². The summed E-state index contributed by atoms with van der Waals surface area (Å²) in [5.41, 5.74) is 4.04. The molecule has 0 aliphatic rings. The number of rotatable bonds is 5. The molecule has 21 heavy (non-hydrogen) atoms. The molecule has 0 bridgehead atoms. The molecule has 0 heterocycles. The van der Waals surface area contributed by atoms with Crippen molar-refractivity contribution in [2.75, 3.05) is 0 Å². The number of benzene rings is 2. The summed E-state index contributed by atoms with van der Waals surface area (Å²) in [4.78, 5) is 0. The van der Waals surface area contributed by atoms with Gasteiger partial charge in [-0.3, -0.25) is 0 Å². The molecule has 0 radical (unpaired) electrons. The van der Waals surface area contributed by atoms with E-state index in [1.165, 1.54) is 16.7 Å². The van der Waals surface area contributed by atoms with Gasteiger partial charge >= 0.3 is 0 Å². The Morgan fingerprint density at radius 1 is 1.10 bits per heavy atom. The van der Waals surface area contributed by atoms with Crippen molar-refractivity contribution in [3.8, 4) is 0 Å². The first-order valence-electron chi connectivity index (χ1n) is 7.41. The van der Waals surface area contributed by atoms with Crippen LogP contribution in [0.25, 0.3) is 0 Å². The third kappa shape index (κ3) is 4.34. The molecule has 0 saturated carbocycles. The maximum Gasteiger partial charge on any atom is 0.0625 e. The molecule has 2 heteroatoms. The Kier molecular flexibility index (Phi) is 5.51. The molecule has 1 atom stereocenters. The SMILES string of the molecule is CCC(C)(C)c1ccc(C(Cl)Cc2cccc(Br)c2)cc1. The highest BCUT2D eigenvalue weighted by Crippen LogP contribution is 2.30. The largest absolute Gasteiger partial charge is 0.117 e. The zero-order chi connectivity index (χ0) is 15.5. The van der Waals surface area contributed by atoms with Crippen molar-refractivity contribution in [3.05, 3.63) is 69.7 Å². The maximum atomic E-state index is 6.58. The molecule has 0 N–H and O–H groups in total. The number of hydrogen-bond donors (Lipinski definition) is 0. The minimum absolute atomic E-state index is 0.0121. The molecule has 0 fully saturated rings. The highest BCUT2D eigenvalue weighted by atomic mass is 79.9. The lowest BCUT2D eigenvalue weighted by Gasteiger charge is -2.23. The van der Waals surface area contributed by atoms with Crippen LogP contribution >= 0.6 is 27.5 Å². The second-order valence-corrected chi connectivity index (χ2v) is 7.60. The predicted molar refractivity (Wildman–Crippen MR) is 96.2 cm³/mol. The fourth-order valence-corrected chi connectivity index (χ4v) is 3.11. The summed E-state index contributed by atoms with van der Waals surface area (Å²) in [6.45, 7) is 6.79. The van der Waals surface area contributed by atoms with Crippen LogP contribution in [-0.4, -0.2) is 0 Å². The Morgan fingerprint density at radius 2 is 1.76 bits per heavy atom. The smallest absolute Gasteiger partial charge is 0.0625 e. The van der Waals surface area contributed by atoms with Crippen LogP contribution in [0.4, 0.5) is 0 Å². The van der Waals surface area contributed by atoms with Crippen molar-refractivity contribution >= 4 is 27.5 Å². The Bertz CT molecular complexity index is 587. The van der Waals surface area contributed by atoms with Crippen molar-refractivity contribution in [3.63, 3.8) is 0 Å². The molecule has 1 unspecified atom stereocenters. The fourth-order valence-electron chi connectivity index (χ4n) is 2.34. The first-order valence-corrected chi connectivity index (χ1v) is 8.64. The van der Waals surface area contributed by atoms with Crippen LogP contribution in [0.1, 0.15) is 49.3 Å². The van der Waals surface area contributed by atoms with Crippen LogP contribution in [0, 0.1) is 0 Å². The van der Waals surface area contributed by atoms with Gasteiger partial charge in [0.05, 0.1) is 5.38 Å². The van der Waals surface area contributed by atoms with E-state index in [2.05, 4.69) is 79.2 Å². The second-order valence-electron chi connectivity index (χ2n) is 6.16. The third-order valence-corrected chi connectivity index (χ3v) is 5.14. The van der Waals surface area contributed by atoms with Crippen LogP contribution in [0.2, 0.25) is 0 Å². The number of hydrogen-bond acceptors (Lipinski definition) is 0. The second kappa shape index (κ2) is 6.98. The van der Waals surface area contributed by atoms with Gasteiger partial charge in [0.25, 0.3) is 0 Å². The molecule has 0 amide bonds. The summed E-state index contributed by atoms with van der Waals surface area (Å²) >= 11 is 10.1. The highest BCUT2D eigenvalue weighted by molar-refractivity contribution is 9.10. The lowest BCUT2D eigenvalue weighted by molar-refractivity contribution is 0.506. The van der Waals surface area contributed by atoms with Gasteiger partial charge in [0.15, 0.2) is 0 Å². The maximum absolute atomic E-state index is 6.58. The minimum atomic E-state index is 0.0121. The predicted octanol–water partition coefficient (Wildman–Crippen LogP) is 6.66. The van der Waals surface area contributed by atoms with Gasteiger partial charge in [0.2, 0.25) is 0 Å². The lowest BCUT2D eigenvalue weighted by atomic mass is 9.82. The first kappa shape index (κ1) is 16.6. The van der Waals surface area contributed by atoms with E-state index < -0.39 is 0 Å². The van der Waals surface area contributed by atoms with Gasteiger partial charge in [0.1, 0.15) is 0 Å². The van der Waals surface area contributed by atoms with E-state index in [0.717, 1.165) is 17.3 Å². The van der Waals surface area contributed by atoms with E-state index in [0.29, 0.717) is 0 Å². The molecule has 0 nitrogen and oxygen atoms in total. The van der Waals surface area contributed by atoms with Crippen molar-refractivity contribution in [2.24, 2.45) is 0 Å². The Hall–Kier alpha value is -0.790. The van der Waals surface area contributed by atoms with Crippen molar-refractivity contribution < 1.29 is 0 Å². The average molecular weight is 366 g/mol. The molecule has 0 saturated heterocycles. The lowest BCUT2D eigenvalue weighted by Crippen LogP contribution is -2.15. The Labute approximate surface area is 141 Å². The van der Waals surface area contributed by atoms with Gasteiger partial charge in [-0.2, -0.15) is 0 Å². The van der Waals surface area contributed by atoms with Crippen molar-refractivity contribution in [1.82, 2.24) is 0 Å². The molecule has 0 spiro atoms. The molecule has 0 aromatic heterocycles. The Balaban J connectivity index is 2.11. The van der Waals surface area contributed by atoms with Gasteiger partial charge in [-0.05, 0) is 47.1 Å². The summed E-state index contributed by atoms with van der Waals surface area (Å²) in [6, 6.07) is 17.1. The molecule has 0 aliphatic carbocycles. The van der Waals surface area contributed by atoms with Crippen molar-refractivity contribution in [2.45, 2.75) is 44.4 Å². The molecular formula is C19H22BrCl. The molecule has 2 aromatic carbocycles. The van der Waals surface area contributed by atoms with E-state index in [-0.39, 0.29) is 10.8 Å². The van der Waals surface area contributed by atoms with Crippen LogP contribution in [0.15, 0.2) is 53.0 Å². The summed E-state index contributed by atoms with van der Waals surface area (Å²) < 4.78 is 1.10. The summed E-state index contributed by atoms with van der Waals surface area (Å²) in [5.74, 6) is 0. The molecule has 2 aromatic rings. The van der Waals surface area contributed by atoms with Crippen LogP contribution in [0.5, 0.6) is 0 Å². The third-order valence-electron chi connectivity index (χ3n) is 4.24. The molecule has 2 rings (SSSR count). The molecule has 0 aliphatic heterocycles. The van der Waals surface area contributed by atoms with Gasteiger partial charge in [-0.25, -0.2) is 0 Å². The highest BCUT2D eigenvalue weighted by Gasteiger charge is 2.18. The number of halogens is 2. The average Bonchev–Trinajstić information content (AvgIpc) is 2.47. The van der Waals surface area contributed by atoms with Crippen LogP contribution in [0.3, 0.4) is 0 Å². The molecule has 112 valence electrons. The van der Waals surface area contributed by atoms with Gasteiger partial charge in [-0.15, -0.1) is 11.6 Å². The van der Waals surface area contributed by atoms with E-state index in [1.807, 2.05) is 6.07 Å². The summed E-state index contributed by atoms with van der Waals surface area (Å²) in [7, 11) is 0. The zero-order valence-corrected chi connectivity index (χ0v) is 15.2. The van der Waals surface area contributed by atoms with Crippen LogP contribution in [-0.2, 0) is 11.8 Å². The zero-order valence-electron chi connectivity index (χ0n) is 12.9. The number of alkyl halides is 1. The molecular weight excluding hydrogens is 344 g/mol. The van der Waals surface area contributed by atoms with Gasteiger partial charge in [0, 0.05) is 4.47 Å². The van der Waals surface area contributed by atoms with E-state index in [4.69, 9.17) is 11.6 Å². The topological polar surface area (TPSA) is 0 Å².